The molecule has 19 heavy (non-hydrogen) atoms. The molecule has 0 amide bonds. The molecule has 2 rings (SSSR count). The van der Waals surface area contributed by atoms with Gasteiger partial charge < -0.3 is 5.11 Å². The number of rotatable bonds is 3. The second-order valence-electron chi connectivity index (χ2n) is 4.40. The van der Waals surface area contributed by atoms with Crippen molar-refractivity contribution in [1.82, 2.24) is 9.78 Å². The maximum absolute atomic E-state index is 11.2. The summed E-state index contributed by atoms with van der Waals surface area (Å²) < 4.78 is 3.18. The number of hydrogen-bond acceptors (Lipinski definition) is 2. The highest BCUT2D eigenvalue weighted by Crippen LogP contribution is 2.30. The van der Waals surface area contributed by atoms with E-state index in [9.17, 15) is 4.79 Å². The quantitative estimate of drug-likeness (QED) is 0.857. The number of carboxylic acids is 1. The summed E-state index contributed by atoms with van der Waals surface area (Å²) in [4.78, 5) is 11.2. The molecular formula is C13H12Br2N2O2. The van der Waals surface area contributed by atoms with Crippen LogP contribution in [-0.4, -0.2) is 20.9 Å². The number of hydrogen-bond donors (Lipinski definition) is 1. The largest absolute Gasteiger partial charge is 0.476 e. The Morgan fingerprint density at radius 2 is 1.84 bits per heavy atom. The van der Waals surface area contributed by atoms with Crippen LogP contribution < -0.4 is 0 Å². The third-order valence-corrected chi connectivity index (χ3v) is 3.99. The van der Waals surface area contributed by atoms with Gasteiger partial charge in [0.05, 0.1) is 15.9 Å². The van der Waals surface area contributed by atoms with E-state index < -0.39 is 5.97 Å². The predicted octanol–water partition coefficient (Wildman–Crippen LogP) is 4.22. The molecule has 0 unspecified atom stereocenters. The Morgan fingerprint density at radius 1 is 1.26 bits per heavy atom. The molecule has 0 aliphatic heterocycles. The van der Waals surface area contributed by atoms with Gasteiger partial charge in [-0.2, -0.15) is 5.10 Å². The van der Waals surface area contributed by atoms with Crippen molar-refractivity contribution in [2.45, 2.75) is 19.8 Å². The van der Waals surface area contributed by atoms with E-state index in [0.717, 1.165) is 15.9 Å². The lowest BCUT2D eigenvalue weighted by Gasteiger charge is -2.10. The van der Waals surface area contributed by atoms with Gasteiger partial charge in [0.15, 0.2) is 5.69 Å². The van der Waals surface area contributed by atoms with Crippen LogP contribution in [0.5, 0.6) is 0 Å². The summed E-state index contributed by atoms with van der Waals surface area (Å²) in [6.07, 6.45) is 0. The summed E-state index contributed by atoms with van der Waals surface area (Å²) in [6.45, 7) is 4.01. The van der Waals surface area contributed by atoms with Gasteiger partial charge in [0.1, 0.15) is 0 Å². The van der Waals surface area contributed by atoms with Gasteiger partial charge in [-0.1, -0.05) is 29.8 Å². The van der Waals surface area contributed by atoms with E-state index in [1.807, 2.05) is 38.1 Å². The van der Waals surface area contributed by atoms with Gasteiger partial charge >= 0.3 is 5.97 Å². The van der Waals surface area contributed by atoms with Crippen molar-refractivity contribution in [1.29, 1.82) is 0 Å². The molecule has 0 bridgehead atoms. The Labute approximate surface area is 127 Å². The third kappa shape index (κ3) is 2.74. The van der Waals surface area contributed by atoms with Gasteiger partial charge in [0.2, 0.25) is 0 Å². The number of nitrogens with zero attached hydrogens (tertiary/aromatic N) is 2. The monoisotopic (exact) mass is 386 g/mol. The van der Waals surface area contributed by atoms with E-state index in [1.54, 1.807) is 4.68 Å². The summed E-state index contributed by atoms with van der Waals surface area (Å²) >= 11 is 6.72. The van der Waals surface area contributed by atoms with Gasteiger partial charge in [-0.05, 0) is 46.1 Å². The van der Waals surface area contributed by atoms with Crippen LogP contribution in [0.1, 0.15) is 35.9 Å². The van der Waals surface area contributed by atoms with Crippen LogP contribution in [0.4, 0.5) is 0 Å². The highest BCUT2D eigenvalue weighted by Gasteiger charge is 2.23. The molecule has 0 saturated carbocycles. The smallest absolute Gasteiger partial charge is 0.357 e. The minimum Gasteiger partial charge on any atom is -0.476 e. The maximum Gasteiger partial charge on any atom is 0.357 e. The SMILES string of the molecule is CC(C)c1c(Br)c(C(=O)O)nn1-c1ccc(Br)cc1. The molecule has 0 aliphatic rings. The number of aromatic nitrogens is 2. The number of benzene rings is 1. The Balaban J connectivity index is 2.65. The average molecular weight is 388 g/mol. The second-order valence-corrected chi connectivity index (χ2v) is 6.10. The molecule has 0 aliphatic carbocycles. The molecule has 0 spiro atoms. The van der Waals surface area contributed by atoms with Crippen LogP contribution in [-0.2, 0) is 0 Å². The Morgan fingerprint density at radius 3 is 2.32 bits per heavy atom. The number of halogens is 2. The molecule has 1 aromatic heterocycles. The number of carboxylic acid groups (broad SMARTS) is 1. The van der Waals surface area contributed by atoms with Crippen LogP contribution in [0.15, 0.2) is 33.2 Å². The van der Waals surface area contributed by atoms with E-state index >= 15 is 0 Å². The van der Waals surface area contributed by atoms with Crippen molar-refractivity contribution in [3.63, 3.8) is 0 Å². The van der Waals surface area contributed by atoms with Crippen molar-refractivity contribution < 1.29 is 9.90 Å². The zero-order chi connectivity index (χ0) is 14.2. The van der Waals surface area contributed by atoms with Crippen LogP contribution in [0.3, 0.4) is 0 Å². The Hall–Kier alpha value is -1.14. The zero-order valence-electron chi connectivity index (χ0n) is 10.4. The average Bonchev–Trinajstić information content (AvgIpc) is 2.68. The molecule has 0 fully saturated rings. The minimum absolute atomic E-state index is 0.0339. The molecule has 0 saturated heterocycles. The van der Waals surface area contributed by atoms with Crippen LogP contribution >= 0.6 is 31.9 Å². The van der Waals surface area contributed by atoms with Crippen LogP contribution in [0, 0.1) is 0 Å². The molecule has 1 aromatic carbocycles. The van der Waals surface area contributed by atoms with Gasteiger partial charge in [-0.15, -0.1) is 0 Å². The van der Waals surface area contributed by atoms with Gasteiger partial charge in [0, 0.05) is 4.47 Å². The second kappa shape index (κ2) is 5.46. The summed E-state index contributed by atoms with van der Waals surface area (Å²) in [5.41, 5.74) is 1.71. The summed E-state index contributed by atoms with van der Waals surface area (Å²) in [7, 11) is 0. The van der Waals surface area contributed by atoms with Crippen LogP contribution in [0.2, 0.25) is 0 Å². The lowest BCUT2D eigenvalue weighted by atomic mass is 10.1. The first kappa shape index (κ1) is 14.3. The molecule has 0 radical (unpaired) electrons. The highest BCUT2D eigenvalue weighted by atomic mass is 79.9. The fraction of sp³-hybridized carbons (Fsp3) is 0.231. The highest BCUT2D eigenvalue weighted by molar-refractivity contribution is 9.10. The lowest BCUT2D eigenvalue weighted by molar-refractivity contribution is 0.0689. The van der Waals surface area contributed by atoms with E-state index in [2.05, 4.69) is 37.0 Å². The predicted molar refractivity (Wildman–Crippen MR) is 80.0 cm³/mol. The summed E-state index contributed by atoms with van der Waals surface area (Å²) in [5, 5.41) is 13.3. The molecule has 2 aromatic rings. The first-order valence-corrected chi connectivity index (χ1v) is 7.28. The van der Waals surface area contributed by atoms with Crippen molar-refractivity contribution in [2.75, 3.05) is 0 Å². The molecule has 100 valence electrons. The Bertz CT molecular complexity index is 618. The zero-order valence-corrected chi connectivity index (χ0v) is 13.6. The topological polar surface area (TPSA) is 55.1 Å². The number of carbonyl (C=O) groups is 1. The van der Waals surface area contributed by atoms with Crippen molar-refractivity contribution in [3.8, 4) is 5.69 Å². The first-order chi connectivity index (χ1) is 8.91. The number of aromatic carboxylic acids is 1. The minimum atomic E-state index is -1.04. The van der Waals surface area contributed by atoms with E-state index in [1.165, 1.54) is 0 Å². The standard InChI is InChI=1S/C13H12Br2N2O2/c1-7(2)12-10(15)11(13(18)19)16-17(12)9-5-3-8(14)4-6-9/h3-7H,1-2H3,(H,18,19). The Kier molecular flexibility index (Phi) is 4.10. The van der Waals surface area contributed by atoms with E-state index in [0.29, 0.717) is 4.47 Å². The molecule has 1 N–H and O–H groups in total. The summed E-state index contributed by atoms with van der Waals surface area (Å²) in [5.74, 6) is -0.886. The molecule has 0 atom stereocenters. The fourth-order valence-electron chi connectivity index (χ4n) is 1.83. The normalized spacial score (nSPS) is 11.0. The van der Waals surface area contributed by atoms with Crippen molar-refractivity contribution >= 4 is 37.8 Å². The van der Waals surface area contributed by atoms with Gasteiger partial charge in [-0.25, -0.2) is 9.48 Å². The first-order valence-electron chi connectivity index (χ1n) is 5.69. The van der Waals surface area contributed by atoms with E-state index in [-0.39, 0.29) is 11.6 Å². The fourth-order valence-corrected chi connectivity index (χ4v) is 2.96. The molecule has 1 heterocycles. The molecule has 6 heteroatoms. The van der Waals surface area contributed by atoms with Crippen molar-refractivity contribution in [2.24, 2.45) is 0 Å². The molecular weight excluding hydrogens is 376 g/mol. The van der Waals surface area contributed by atoms with Gasteiger partial charge in [-0.3, -0.25) is 0 Å². The lowest BCUT2D eigenvalue weighted by Crippen LogP contribution is -2.04. The van der Waals surface area contributed by atoms with Gasteiger partial charge in [0.25, 0.3) is 0 Å². The maximum atomic E-state index is 11.2. The van der Waals surface area contributed by atoms with E-state index in [4.69, 9.17) is 5.11 Å². The third-order valence-electron chi connectivity index (χ3n) is 2.68. The summed E-state index contributed by atoms with van der Waals surface area (Å²) in [6, 6.07) is 7.58. The van der Waals surface area contributed by atoms with Crippen molar-refractivity contribution in [3.05, 3.63) is 44.6 Å². The molecule has 4 nitrogen and oxygen atoms in total. The van der Waals surface area contributed by atoms with Crippen LogP contribution in [0.25, 0.3) is 5.69 Å².